The van der Waals surface area contributed by atoms with Crippen molar-refractivity contribution >= 4 is 34.2 Å². The van der Waals surface area contributed by atoms with Gasteiger partial charge in [0.15, 0.2) is 11.6 Å². The van der Waals surface area contributed by atoms with Crippen molar-refractivity contribution in [1.29, 1.82) is 0 Å². The third-order valence-corrected chi connectivity index (χ3v) is 4.20. The Labute approximate surface area is 169 Å². The number of anilines is 2. The first-order valence-electron chi connectivity index (χ1n) is 8.94. The number of allylic oxidation sites excluding steroid dienone is 6. The molecular formula is C21H22ClN5O. The van der Waals surface area contributed by atoms with Gasteiger partial charge in [-0.15, -0.1) is 5.10 Å². The summed E-state index contributed by atoms with van der Waals surface area (Å²) in [6.45, 7) is 3.98. The number of nitrogens with zero attached hydrogens (tertiary/aromatic N) is 4. The van der Waals surface area contributed by atoms with Gasteiger partial charge in [0.1, 0.15) is 10.7 Å². The summed E-state index contributed by atoms with van der Waals surface area (Å²) < 4.78 is 6.98. The van der Waals surface area contributed by atoms with Crippen LogP contribution in [0.4, 0.5) is 11.5 Å². The van der Waals surface area contributed by atoms with E-state index in [4.69, 9.17) is 21.3 Å². The average molecular weight is 396 g/mol. The molecular weight excluding hydrogens is 374 g/mol. The van der Waals surface area contributed by atoms with Crippen molar-refractivity contribution in [2.75, 3.05) is 12.4 Å². The molecule has 3 aromatic rings. The van der Waals surface area contributed by atoms with Gasteiger partial charge in [-0.05, 0) is 43.7 Å². The molecule has 0 spiro atoms. The average Bonchev–Trinajstić information content (AvgIpc) is 3.16. The molecule has 28 heavy (non-hydrogen) atoms. The summed E-state index contributed by atoms with van der Waals surface area (Å²) in [6.07, 6.45) is 12.3. The first-order valence-corrected chi connectivity index (χ1v) is 9.32. The van der Waals surface area contributed by atoms with E-state index in [9.17, 15) is 0 Å². The van der Waals surface area contributed by atoms with Crippen LogP contribution in [0, 0.1) is 0 Å². The molecule has 0 aliphatic heterocycles. The Kier molecular flexibility index (Phi) is 6.45. The summed E-state index contributed by atoms with van der Waals surface area (Å²) >= 11 is 6.00. The van der Waals surface area contributed by atoms with Crippen LogP contribution in [0.25, 0.3) is 11.1 Å². The molecule has 3 rings (SSSR count). The fourth-order valence-electron chi connectivity index (χ4n) is 2.57. The summed E-state index contributed by atoms with van der Waals surface area (Å²) in [7, 11) is 1.65. The largest absolute Gasteiger partial charge is 0.501 e. The molecule has 0 radical (unpaired) electrons. The van der Waals surface area contributed by atoms with Crippen molar-refractivity contribution in [1.82, 2.24) is 19.6 Å². The molecule has 7 heteroatoms. The molecule has 0 aliphatic carbocycles. The number of halogens is 1. The lowest BCUT2D eigenvalue weighted by atomic mass is 10.2. The van der Waals surface area contributed by atoms with E-state index in [-0.39, 0.29) is 0 Å². The van der Waals surface area contributed by atoms with Crippen LogP contribution in [-0.4, -0.2) is 26.7 Å². The van der Waals surface area contributed by atoms with E-state index >= 15 is 0 Å². The minimum atomic E-state index is 0.417. The number of nitrogens with one attached hydrogen (secondary N) is 1. The van der Waals surface area contributed by atoms with Crippen LogP contribution in [0.15, 0.2) is 66.7 Å². The number of aromatic nitrogens is 4. The van der Waals surface area contributed by atoms with Gasteiger partial charge in [0, 0.05) is 23.7 Å². The topological polar surface area (TPSA) is 64.3 Å². The van der Waals surface area contributed by atoms with E-state index in [0.717, 1.165) is 29.0 Å². The first-order chi connectivity index (χ1) is 13.6. The third kappa shape index (κ3) is 4.78. The second kappa shape index (κ2) is 9.19. The van der Waals surface area contributed by atoms with E-state index in [2.05, 4.69) is 28.4 Å². The number of rotatable bonds is 7. The number of pyridine rings is 1. The Morgan fingerprint density at radius 2 is 2.21 bits per heavy atom. The van der Waals surface area contributed by atoms with Crippen molar-refractivity contribution in [2.24, 2.45) is 0 Å². The highest BCUT2D eigenvalue weighted by Crippen LogP contribution is 2.23. The summed E-state index contributed by atoms with van der Waals surface area (Å²) in [5.74, 6) is 2.13. The van der Waals surface area contributed by atoms with Crippen molar-refractivity contribution in [3.63, 3.8) is 0 Å². The summed E-state index contributed by atoms with van der Waals surface area (Å²) in [4.78, 5) is 8.77. The number of fused-ring (bicyclic) bond motifs is 1. The van der Waals surface area contributed by atoms with Gasteiger partial charge in [-0.1, -0.05) is 36.8 Å². The van der Waals surface area contributed by atoms with Gasteiger partial charge in [0.05, 0.1) is 12.9 Å². The van der Waals surface area contributed by atoms with Crippen LogP contribution in [0.3, 0.4) is 0 Å². The van der Waals surface area contributed by atoms with Gasteiger partial charge in [-0.25, -0.2) is 14.5 Å². The van der Waals surface area contributed by atoms with Crippen molar-refractivity contribution in [2.45, 2.75) is 20.3 Å². The molecule has 144 valence electrons. The van der Waals surface area contributed by atoms with Crippen molar-refractivity contribution < 1.29 is 4.74 Å². The van der Waals surface area contributed by atoms with E-state index in [0.29, 0.717) is 16.8 Å². The van der Waals surface area contributed by atoms with E-state index < -0.39 is 0 Å². The molecule has 0 atom stereocenters. The summed E-state index contributed by atoms with van der Waals surface area (Å²) in [5.41, 5.74) is 2.60. The quantitative estimate of drug-likeness (QED) is 0.328. The normalized spacial score (nSPS) is 12.7. The van der Waals surface area contributed by atoms with Crippen LogP contribution in [0.1, 0.15) is 26.1 Å². The van der Waals surface area contributed by atoms with Gasteiger partial charge < -0.3 is 10.1 Å². The Morgan fingerprint density at radius 3 is 2.96 bits per heavy atom. The fourth-order valence-corrected chi connectivity index (χ4v) is 2.75. The molecule has 0 aromatic carbocycles. The molecule has 0 fully saturated rings. The highest BCUT2D eigenvalue weighted by Gasteiger charge is 2.10. The highest BCUT2D eigenvalue weighted by atomic mass is 35.5. The zero-order chi connectivity index (χ0) is 19.9. The Bertz CT molecular complexity index is 1050. The van der Waals surface area contributed by atoms with E-state index in [1.165, 1.54) is 0 Å². The molecule has 0 saturated carbocycles. The van der Waals surface area contributed by atoms with Gasteiger partial charge >= 0.3 is 0 Å². The molecule has 0 saturated heterocycles. The lowest BCUT2D eigenvalue weighted by molar-refractivity contribution is 0.294. The van der Waals surface area contributed by atoms with Crippen LogP contribution in [0.2, 0.25) is 5.15 Å². The predicted molar refractivity (Wildman–Crippen MR) is 114 cm³/mol. The highest BCUT2D eigenvalue weighted by molar-refractivity contribution is 6.29. The molecule has 3 aromatic heterocycles. The maximum atomic E-state index is 6.00. The molecule has 0 aliphatic rings. The SMILES string of the molecule is CC/C=C(/C=C\C=C(/C)OC)c1nc(Nc2ccnc(Cl)c2)c2cccn2n1. The maximum absolute atomic E-state index is 6.00. The Hall–Kier alpha value is -3.12. The van der Waals surface area contributed by atoms with Gasteiger partial charge in [-0.2, -0.15) is 0 Å². The number of methoxy groups -OCH3 is 1. The summed E-state index contributed by atoms with van der Waals surface area (Å²) in [5, 5.41) is 8.38. The lowest BCUT2D eigenvalue weighted by Gasteiger charge is -2.10. The molecule has 0 bridgehead atoms. The monoisotopic (exact) mass is 395 g/mol. The van der Waals surface area contributed by atoms with E-state index in [1.54, 1.807) is 23.9 Å². The molecule has 0 unspecified atom stereocenters. The number of hydrogen-bond acceptors (Lipinski definition) is 5. The second-order valence-electron chi connectivity index (χ2n) is 6.02. The number of hydrogen-bond donors (Lipinski definition) is 1. The smallest absolute Gasteiger partial charge is 0.181 e. The Morgan fingerprint density at radius 1 is 1.36 bits per heavy atom. The van der Waals surface area contributed by atoms with Gasteiger partial charge in [-0.3, -0.25) is 0 Å². The molecule has 0 amide bonds. The molecule has 1 N–H and O–H groups in total. The van der Waals surface area contributed by atoms with Gasteiger partial charge in [0.2, 0.25) is 0 Å². The standard InChI is InChI=1S/C21H22ClN5O/c1-4-7-16(9-5-8-15(2)28-3)20-25-21(18-10-6-13-27(18)26-20)24-17-11-12-23-19(22)14-17/h5-14H,4H2,1-3H3,(H,23,24,25,26)/b9-5-,15-8+,16-7-. The van der Waals surface area contributed by atoms with Crippen LogP contribution in [-0.2, 0) is 4.74 Å². The first kappa shape index (κ1) is 19.6. The van der Waals surface area contributed by atoms with Crippen LogP contribution < -0.4 is 5.32 Å². The van der Waals surface area contributed by atoms with Crippen LogP contribution in [0.5, 0.6) is 0 Å². The number of ether oxygens (including phenoxy) is 1. The minimum absolute atomic E-state index is 0.417. The third-order valence-electron chi connectivity index (χ3n) is 3.99. The predicted octanol–water partition coefficient (Wildman–Crippen LogP) is 5.42. The Balaban J connectivity index is 2.02. The zero-order valence-corrected chi connectivity index (χ0v) is 16.8. The van der Waals surface area contributed by atoms with E-state index in [1.807, 2.05) is 49.5 Å². The van der Waals surface area contributed by atoms with Gasteiger partial charge in [0.25, 0.3) is 0 Å². The van der Waals surface area contributed by atoms with Crippen LogP contribution >= 0.6 is 11.6 Å². The minimum Gasteiger partial charge on any atom is -0.501 e. The second-order valence-corrected chi connectivity index (χ2v) is 6.41. The molecule has 6 nitrogen and oxygen atoms in total. The molecule has 3 heterocycles. The fraction of sp³-hybridized carbons (Fsp3) is 0.190. The zero-order valence-electron chi connectivity index (χ0n) is 16.1. The van der Waals surface area contributed by atoms with Crippen molar-refractivity contribution in [3.8, 4) is 0 Å². The van der Waals surface area contributed by atoms with Crippen molar-refractivity contribution in [3.05, 3.63) is 77.7 Å². The maximum Gasteiger partial charge on any atom is 0.181 e. The lowest BCUT2D eigenvalue weighted by Crippen LogP contribution is -2.05. The summed E-state index contributed by atoms with van der Waals surface area (Å²) in [6, 6.07) is 7.48.